The minimum absolute atomic E-state index is 0.0550. The van der Waals surface area contributed by atoms with Gasteiger partial charge in [0.25, 0.3) is 0 Å². The summed E-state index contributed by atoms with van der Waals surface area (Å²) in [5.74, 6) is -0.824. The molecule has 1 N–H and O–H groups in total. The molecule has 6 heteroatoms. The van der Waals surface area contributed by atoms with E-state index in [0.29, 0.717) is 0 Å². The zero-order chi connectivity index (χ0) is 8.27. The van der Waals surface area contributed by atoms with E-state index in [9.17, 15) is 9.59 Å². The predicted molar refractivity (Wildman–Crippen MR) is 36.7 cm³/mol. The first-order valence-electron chi connectivity index (χ1n) is 3.28. The number of carbonyl (C=O) groups is 2. The van der Waals surface area contributed by atoms with Crippen LogP contribution in [0.3, 0.4) is 0 Å². The van der Waals surface area contributed by atoms with Gasteiger partial charge in [0.2, 0.25) is 0 Å². The molecule has 0 saturated carbocycles. The van der Waals surface area contributed by atoms with E-state index in [2.05, 4.69) is 14.6 Å². The Kier molecular flexibility index (Phi) is 2.48. The van der Waals surface area contributed by atoms with Crippen LogP contribution in [-0.4, -0.2) is 32.1 Å². The topological polar surface area (TPSA) is 64.6 Å². The maximum atomic E-state index is 10.7. The van der Waals surface area contributed by atoms with Gasteiger partial charge in [-0.2, -0.15) is 0 Å². The van der Waals surface area contributed by atoms with Gasteiger partial charge >= 0.3 is 19.1 Å². The lowest BCUT2D eigenvalue weighted by atomic mass is 9.95. The Morgan fingerprint density at radius 3 is 2.18 bits per heavy atom. The molecule has 0 bridgehead atoms. The van der Waals surface area contributed by atoms with Crippen LogP contribution < -0.4 is 5.32 Å². The van der Waals surface area contributed by atoms with Gasteiger partial charge in [-0.1, -0.05) is 0 Å². The Balaban J connectivity index is 2.47. The summed E-state index contributed by atoms with van der Waals surface area (Å²) in [7, 11) is -0.767. The van der Waals surface area contributed by atoms with E-state index >= 15 is 0 Å². The summed E-state index contributed by atoms with van der Waals surface area (Å²) in [5.41, 5.74) is 0. The summed E-state index contributed by atoms with van der Waals surface area (Å²) in [6.45, 7) is 1.61. The lowest BCUT2D eigenvalue weighted by Crippen LogP contribution is -2.40. The monoisotopic (exact) mass is 157 g/mol. The molecule has 0 aromatic rings. The number of hydrogen-bond acceptors (Lipinski definition) is 5. The predicted octanol–water partition coefficient (Wildman–Crippen LogP) is -1.21. The Labute approximate surface area is 64.2 Å². The number of hydrogen-bond donors (Lipinski definition) is 1. The van der Waals surface area contributed by atoms with E-state index in [1.165, 1.54) is 6.82 Å². The summed E-state index contributed by atoms with van der Waals surface area (Å²) in [6, 6.07) is 0. The van der Waals surface area contributed by atoms with Crippen molar-refractivity contribution in [2.24, 2.45) is 0 Å². The molecule has 0 atom stereocenters. The van der Waals surface area contributed by atoms with Crippen LogP contribution in [0.5, 0.6) is 0 Å². The molecule has 1 saturated heterocycles. The second-order valence-electron chi connectivity index (χ2n) is 2.15. The van der Waals surface area contributed by atoms with Crippen molar-refractivity contribution >= 4 is 19.1 Å². The van der Waals surface area contributed by atoms with Crippen molar-refractivity contribution in [1.29, 1.82) is 0 Å². The number of nitrogens with one attached hydrogen (secondary N) is 1. The van der Waals surface area contributed by atoms with Crippen molar-refractivity contribution in [1.82, 2.24) is 5.32 Å². The minimum Gasteiger partial charge on any atom is -0.498 e. The molecule has 1 aliphatic heterocycles. The van der Waals surface area contributed by atoms with E-state index < -0.39 is 19.1 Å². The summed E-state index contributed by atoms with van der Waals surface area (Å²) >= 11 is 0. The van der Waals surface area contributed by atoms with Gasteiger partial charge < -0.3 is 9.31 Å². The highest BCUT2D eigenvalue weighted by Gasteiger charge is 2.23. The van der Waals surface area contributed by atoms with E-state index in [0.717, 1.165) is 0 Å². The van der Waals surface area contributed by atoms with Crippen LogP contribution >= 0.6 is 0 Å². The maximum absolute atomic E-state index is 10.7. The normalized spacial score (nSPS) is 19.9. The molecule has 0 amide bonds. The van der Waals surface area contributed by atoms with E-state index in [1.807, 2.05) is 0 Å². The summed E-state index contributed by atoms with van der Waals surface area (Å²) in [5, 5.41) is 2.56. The molecular weight excluding hydrogens is 149 g/mol. The zero-order valence-corrected chi connectivity index (χ0v) is 6.12. The Morgan fingerprint density at radius 2 is 1.73 bits per heavy atom. The molecule has 0 aliphatic carbocycles. The highest BCUT2D eigenvalue weighted by Crippen LogP contribution is 1.92. The van der Waals surface area contributed by atoms with E-state index in [4.69, 9.17) is 0 Å². The zero-order valence-electron chi connectivity index (χ0n) is 6.12. The van der Waals surface area contributed by atoms with Crippen LogP contribution in [0.15, 0.2) is 0 Å². The first kappa shape index (κ1) is 8.07. The molecule has 60 valence electrons. The molecule has 1 heterocycles. The van der Waals surface area contributed by atoms with Crippen molar-refractivity contribution in [3.05, 3.63) is 0 Å². The smallest absolute Gasteiger partial charge is 0.498 e. The van der Waals surface area contributed by atoms with Gasteiger partial charge in [0.05, 0.1) is 13.1 Å². The molecular formula is C5H8BNO4. The van der Waals surface area contributed by atoms with Crippen LogP contribution in [-0.2, 0) is 18.9 Å². The summed E-state index contributed by atoms with van der Waals surface area (Å²) in [4.78, 5) is 21.4. The third-order valence-electron chi connectivity index (χ3n) is 1.13. The van der Waals surface area contributed by atoms with Gasteiger partial charge in [-0.25, -0.2) is 0 Å². The lowest BCUT2D eigenvalue weighted by Gasteiger charge is -2.14. The maximum Gasteiger partial charge on any atom is 0.595 e. The highest BCUT2D eigenvalue weighted by atomic mass is 16.6. The van der Waals surface area contributed by atoms with Gasteiger partial charge in [0.1, 0.15) is 0 Å². The fourth-order valence-electron chi connectivity index (χ4n) is 0.744. The van der Waals surface area contributed by atoms with E-state index in [1.54, 1.807) is 0 Å². The van der Waals surface area contributed by atoms with Gasteiger partial charge in [0, 0.05) is 0 Å². The molecule has 5 nitrogen and oxygen atoms in total. The quantitative estimate of drug-likeness (QED) is 0.447. The molecule has 0 radical (unpaired) electrons. The Morgan fingerprint density at radius 1 is 1.27 bits per heavy atom. The van der Waals surface area contributed by atoms with Crippen LogP contribution in [0, 0.1) is 0 Å². The third-order valence-corrected chi connectivity index (χ3v) is 1.13. The van der Waals surface area contributed by atoms with Crippen molar-refractivity contribution in [2.75, 3.05) is 13.1 Å². The van der Waals surface area contributed by atoms with Crippen LogP contribution in [0.1, 0.15) is 0 Å². The van der Waals surface area contributed by atoms with Gasteiger partial charge in [0.15, 0.2) is 0 Å². The molecule has 1 aliphatic rings. The largest absolute Gasteiger partial charge is 0.595 e. The molecule has 0 unspecified atom stereocenters. The second-order valence-corrected chi connectivity index (χ2v) is 2.15. The first-order chi connectivity index (χ1) is 5.18. The molecule has 0 aromatic carbocycles. The molecule has 1 rings (SSSR count). The van der Waals surface area contributed by atoms with Crippen molar-refractivity contribution in [3.63, 3.8) is 0 Å². The van der Waals surface area contributed by atoms with Gasteiger partial charge in [-0.3, -0.25) is 14.9 Å². The third kappa shape index (κ3) is 2.59. The molecule has 0 spiro atoms. The Hall–Kier alpha value is -1.04. The second kappa shape index (κ2) is 3.38. The summed E-state index contributed by atoms with van der Waals surface area (Å²) < 4.78 is 9.23. The molecule has 1 fully saturated rings. The van der Waals surface area contributed by atoms with Gasteiger partial charge in [-0.05, 0) is 6.82 Å². The standard InChI is InChI=1S/C5H8BNO4/c1-6-10-4(8)2-7-3-5(9)11-6/h7H,2-3H2,1H3. The van der Waals surface area contributed by atoms with Crippen molar-refractivity contribution < 1.29 is 18.9 Å². The van der Waals surface area contributed by atoms with Crippen LogP contribution in [0.4, 0.5) is 0 Å². The van der Waals surface area contributed by atoms with Crippen molar-refractivity contribution in [2.45, 2.75) is 6.82 Å². The number of rotatable bonds is 0. The lowest BCUT2D eigenvalue weighted by molar-refractivity contribution is -0.141. The molecule has 11 heavy (non-hydrogen) atoms. The summed E-state index contributed by atoms with van der Waals surface area (Å²) in [6.07, 6.45) is 0. The fourth-order valence-corrected chi connectivity index (χ4v) is 0.744. The van der Waals surface area contributed by atoms with E-state index in [-0.39, 0.29) is 13.1 Å². The molecule has 0 aromatic heterocycles. The Bertz CT molecular complexity index is 165. The minimum atomic E-state index is -0.767. The average molecular weight is 157 g/mol. The first-order valence-corrected chi connectivity index (χ1v) is 3.28. The van der Waals surface area contributed by atoms with Gasteiger partial charge in [-0.15, -0.1) is 0 Å². The van der Waals surface area contributed by atoms with Crippen LogP contribution in [0.2, 0.25) is 6.82 Å². The average Bonchev–Trinajstić information content (AvgIpc) is 1.83. The van der Waals surface area contributed by atoms with Crippen molar-refractivity contribution in [3.8, 4) is 0 Å². The van der Waals surface area contributed by atoms with Crippen LogP contribution in [0.25, 0.3) is 0 Å². The highest BCUT2D eigenvalue weighted by molar-refractivity contribution is 6.47. The number of carbonyl (C=O) groups excluding carboxylic acids is 2. The SMILES string of the molecule is CB1OC(=O)CNCC(=O)O1. The fraction of sp³-hybridized carbons (Fsp3) is 0.600.